The lowest BCUT2D eigenvalue weighted by molar-refractivity contribution is -0.139. The van der Waals surface area contributed by atoms with Crippen LogP contribution in [0.4, 0.5) is 4.39 Å². The van der Waals surface area contributed by atoms with E-state index in [-0.39, 0.29) is 24.4 Å². The number of hydrogen-bond acceptors (Lipinski definition) is 4. The van der Waals surface area contributed by atoms with Crippen LogP contribution in [0.25, 0.3) is 22.0 Å². The quantitative estimate of drug-likeness (QED) is 0.333. The monoisotopic (exact) mass is 446 g/mol. The first kappa shape index (κ1) is 23.1. The van der Waals surface area contributed by atoms with Gasteiger partial charge in [-0.25, -0.2) is 14.2 Å². The molecule has 0 spiro atoms. The third kappa shape index (κ3) is 5.37. The molecule has 0 fully saturated rings. The lowest BCUT2D eigenvalue weighted by Crippen LogP contribution is -2.17. The molecule has 0 aliphatic rings. The number of benzene rings is 2. The van der Waals surface area contributed by atoms with Crippen molar-refractivity contribution in [3.63, 3.8) is 0 Å². The fourth-order valence-corrected chi connectivity index (χ4v) is 5.37. The Labute approximate surface area is 180 Å². The van der Waals surface area contributed by atoms with Crippen molar-refractivity contribution in [1.29, 1.82) is 0 Å². The molecule has 3 aromatic rings. The predicted octanol–water partition coefficient (Wildman–Crippen LogP) is 4.45. The van der Waals surface area contributed by atoms with Gasteiger partial charge in [-0.15, -0.1) is 0 Å². The van der Waals surface area contributed by atoms with Gasteiger partial charge in [-0.05, 0) is 37.6 Å². The summed E-state index contributed by atoms with van der Waals surface area (Å²) in [7, 11) is -3.62. The van der Waals surface area contributed by atoms with E-state index in [4.69, 9.17) is 5.11 Å². The van der Waals surface area contributed by atoms with Crippen LogP contribution in [0.2, 0.25) is 0 Å². The highest BCUT2D eigenvalue weighted by molar-refractivity contribution is 7.65. The van der Waals surface area contributed by atoms with Gasteiger partial charge < -0.3 is 9.67 Å². The van der Waals surface area contributed by atoms with Gasteiger partial charge in [0.05, 0.1) is 0 Å². The van der Waals surface area contributed by atoms with Crippen LogP contribution in [-0.2, 0) is 16.0 Å². The van der Waals surface area contributed by atoms with Crippen LogP contribution < -0.4 is 0 Å². The molecule has 0 radical (unpaired) electrons. The number of carbonyl (C=O) groups is 2. The van der Waals surface area contributed by atoms with Gasteiger partial charge in [0.25, 0.3) is 7.72 Å². The third-order valence-corrected chi connectivity index (χ3v) is 6.95. The van der Waals surface area contributed by atoms with Crippen molar-refractivity contribution in [2.45, 2.75) is 32.7 Å². The SMILES string of the molecule is CC(C)n1c(CC[P+](O)(O)CC(=O)CC(=O)O)c(-c2ccc(F)cc2)c2ccccc21. The summed E-state index contributed by atoms with van der Waals surface area (Å²) in [4.78, 5) is 43.4. The minimum Gasteiger partial charge on any atom is -0.481 e. The lowest BCUT2D eigenvalue weighted by Gasteiger charge is -2.18. The molecule has 0 atom stereocenters. The van der Waals surface area contributed by atoms with Crippen molar-refractivity contribution in [3.05, 3.63) is 60.0 Å². The van der Waals surface area contributed by atoms with Crippen LogP contribution in [-0.4, -0.2) is 43.5 Å². The van der Waals surface area contributed by atoms with E-state index < -0.39 is 32.1 Å². The molecular weight excluding hydrogens is 420 g/mol. The highest BCUT2D eigenvalue weighted by Crippen LogP contribution is 2.51. The molecule has 0 bridgehead atoms. The maximum Gasteiger partial charge on any atom is 0.311 e. The second-order valence-electron chi connectivity index (χ2n) is 7.93. The number of nitrogens with zero attached hydrogens (tertiary/aromatic N) is 1. The van der Waals surface area contributed by atoms with Crippen molar-refractivity contribution in [1.82, 2.24) is 4.57 Å². The van der Waals surface area contributed by atoms with E-state index in [9.17, 15) is 23.8 Å². The molecule has 0 saturated carbocycles. The van der Waals surface area contributed by atoms with Crippen LogP contribution in [0, 0.1) is 5.82 Å². The van der Waals surface area contributed by atoms with Gasteiger partial charge in [0, 0.05) is 34.6 Å². The van der Waals surface area contributed by atoms with E-state index in [0.29, 0.717) is 0 Å². The van der Waals surface area contributed by atoms with Gasteiger partial charge in [-0.3, -0.25) is 9.59 Å². The molecule has 3 N–H and O–H groups in total. The summed E-state index contributed by atoms with van der Waals surface area (Å²) in [6, 6.07) is 14.1. The molecule has 0 aliphatic carbocycles. The molecule has 1 aromatic heterocycles. The summed E-state index contributed by atoms with van der Waals surface area (Å²) in [5, 5.41) is 9.72. The van der Waals surface area contributed by atoms with Gasteiger partial charge in [0.2, 0.25) is 0 Å². The summed E-state index contributed by atoms with van der Waals surface area (Å²) in [5.41, 5.74) is 3.55. The van der Waals surface area contributed by atoms with Gasteiger partial charge in [-0.2, -0.15) is 0 Å². The van der Waals surface area contributed by atoms with Crippen molar-refractivity contribution in [2.75, 3.05) is 12.3 Å². The van der Waals surface area contributed by atoms with Crippen molar-refractivity contribution in [3.8, 4) is 11.1 Å². The first-order valence-electron chi connectivity index (χ1n) is 10.0. The lowest BCUT2D eigenvalue weighted by atomic mass is 10.0. The number of aromatic nitrogens is 1. The van der Waals surface area contributed by atoms with Crippen molar-refractivity contribution >= 4 is 30.4 Å². The van der Waals surface area contributed by atoms with Crippen LogP contribution >= 0.6 is 7.72 Å². The summed E-state index contributed by atoms with van der Waals surface area (Å²) < 4.78 is 15.6. The molecule has 0 saturated heterocycles. The number of Topliss-reactive ketones (excluding diaryl/α,β-unsaturated/α-hetero) is 1. The standard InChI is InChI=1S/C23H25FNO5P/c1-15(2)25-20-6-4-3-5-19(20)23(16-7-9-17(24)10-8-16)21(25)11-12-31(29,30)14-18(26)13-22(27)28/h3-10,15,29-30H,11-14H2,1-2H3/p+1. The number of halogens is 1. The predicted molar refractivity (Wildman–Crippen MR) is 120 cm³/mol. The normalized spacial score (nSPS) is 11.9. The van der Waals surface area contributed by atoms with E-state index in [1.807, 2.05) is 38.1 Å². The number of carboxylic acids is 1. The molecule has 1 heterocycles. The van der Waals surface area contributed by atoms with Crippen LogP contribution in [0.15, 0.2) is 48.5 Å². The molecule has 3 rings (SSSR count). The fraction of sp³-hybridized carbons (Fsp3) is 0.304. The fourth-order valence-electron chi connectivity index (χ4n) is 3.96. The Morgan fingerprint density at radius 1 is 1.06 bits per heavy atom. The van der Waals surface area contributed by atoms with Crippen LogP contribution in [0.1, 0.15) is 32.0 Å². The number of carbonyl (C=O) groups excluding carboxylic acids is 1. The molecule has 164 valence electrons. The maximum absolute atomic E-state index is 13.5. The van der Waals surface area contributed by atoms with Gasteiger partial charge >= 0.3 is 5.97 Å². The van der Waals surface area contributed by atoms with E-state index in [1.165, 1.54) is 12.1 Å². The molecule has 2 aromatic carbocycles. The average Bonchev–Trinajstić information content (AvgIpc) is 3.00. The highest BCUT2D eigenvalue weighted by Gasteiger charge is 2.37. The Hall–Kier alpha value is -2.60. The maximum atomic E-state index is 13.5. The second-order valence-corrected chi connectivity index (χ2v) is 10.5. The minimum atomic E-state index is -3.62. The minimum absolute atomic E-state index is 0.0460. The topological polar surface area (TPSA) is 99.8 Å². The third-order valence-electron chi connectivity index (χ3n) is 5.15. The Bertz CT molecular complexity index is 1110. The summed E-state index contributed by atoms with van der Waals surface area (Å²) in [6.07, 6.45) is -1.04. The Kier molecular flexibility index (Phi) is 6.90. The summed E-state index contributed by atoms with van der Waals surface area (Å²) >= 11 is 0. The molecule has 6 nitrogen and oxygen atoms in total. The average molecular weight is 446 g/mol. The number of aliphatic carboxylic acids is 1. The van der Waals surface area contributed by atoms with Gasteiger partial charge in [0.15, 0.2) is 11.9 Å². The number of fused-ring (bicyclic) bond motifs is 1. The summed E-state index contributed by atoms with van der Waals surface area (Å²) in [5.74, 6) is -2.33. The zero-order chi connectivity index (χ0) is 22.8. The number of rotatable bonds is 9. The molecule has 31 heavy (non-hydrogen) atoms. The van der Waals surface area contributed by atoms with Crippen molar-refractivity contribution < 1.29 is 28.9 Å². The number of carboxylic acid groups (broad SMARTS) is 1. The molecule has 0 aliphatic heterocycles. The van der Waals surface area contributed by atoms with E-state index >= 15 is 0 Å². The Balaban J connectivity index is 2.03. The number of ketones is 1. The molecule has 0 unspecified atom stereocenters. The molecule has 8 heteroatoms. The zero-order valence-electron chi connectivity index (χ0n) is 17.5. The van der Waals surface area contributed by atoms with Crippen LogP contribution in [0.3, 0.4) is 0 Å². The Morgan fingerprint density at radius 2 is 1.71 bits per heavy atom. The van der Waals surface area contributed by atoms with Crippen molar-refractivity contribution in [2.24, 2.45) is 0 Å². The number of hydrogen-bond donors (Lipinski definition) is 3. The first-order chi connectivity index (χ1) is 14.6. The van der Waals surface area contributed by atoms with Gasteiger partial charge in [-0.1, -0.05) is 30.3 Å². The van der Waals surface area contributed by atoms with Gasteiger partial charge in [0.1, 0.15) is 18.4 Å². The number of para-hydroxylation sites is 1. The van der Waals surface area contributed by atoms with E-state index in [2.05, 4.69) is 4.57 Å². The molecular formula is C23H26FNO5P+. The largest absolute Gasteiger partial charge is 0.481 e. The summed E-state index contributed by atoms with van der Waals surface area (Å²) in [6.45, 7) is 4.06. The van der Waals surface area contributed by atoms with E-state index in [0.717, 1.165) is 27.7 Å². The smallest absolute Gasteiger partial charge is 0.311 e. The highest BCUT2D eigenvalue weighted by atomic mass is 31.2. The Morgan fingerprint density at radius 3 is 2.32 bits per heavy atom. The van der Waals surface area contributed by atoms with Crippen LogP contribution in [0.5, 0.6) is 0 Å². The molecule has 0 amide bonds. The zero-order valence-corrected chi connectivity index (χ0v) is 18.3. The first-order valence-corrected chi connectivity index (χ1v) is 12.1. The second kappa shape index (κ2) is 9.27. The van der Waals surface area contributed by atoms with E-state index in [1.54, 1.807) is 12.1 Å².